The minimum absolute atomic E-state index is 0.123. The zero-order valence-corrected chi connectivity index (χ0v) is 8.59. The molecular weight excluding hydrogens is 152 g/mol. The summed E-state index contributed by atoms with van der Waals surface area (Å²) >= 11 is 0. The summed E-state index contributed by atoms with van der Waals surface area (Å²) in [5, 5.41) is 0. The molecule has 2 heteroatoms. The summed E-state index contributed by atoms with van der Waals surface area (Å²) in [4.78, 5) is 10.7. The third kappa shape index (κ3) is 3.74. The van der Waals surface area contributed by atoms with Gasteiger partial charge < -0.3 is 4.74 Å². The summed E-state index contributed by atoms with van der Waals surface area (Å²) in [5.41, 5.74) is 0. The molecule has 0 amide bonds. The number of rotatable bonds is 5. The van der Waals surface area contributed by atoms with Crippen LogP contribution in [-0.2, 0) is 9.53 Å². The van der Waals surface area contributed by atoms with Gasteiger partial charge in [-0.25, -0.2) is 0 Å². The fourth-order valence-corrected chi connectivity index (χ4v) is 1.54. The summed E-state index contributed by atoms with van der Waals surface area (Å²) in [6, 6.07) is 0. The standard InChI is InChI=1S/C10H20O2/c1-5-9(6-2)10(7-3)12-8(4)11/h9-10H,5-7H2,1-4H3. The molecule has 0 aromatic heterocycles. The van der Waals surface area contributed by atoms with Crippen LogP contribution in [0.5, 0.6) is 0 Å². The van der Waals surface area contributed by atoms with Crippen LogP contribution in [0.3, 0.4) is 0 Å². The van der Waals surface area contributed by atoms with Crippen LogP contribution in [0.25, 0.3) is 0 Å². The van der Waals surface area contributed by atoms with Gasteiger partial charge in [0.1, 0.15) is 6.10 Å². The Hall–Kier alpha value is -0.530. The summed E-state index contributed by atoms with van der Waals surface area (Å²) in [5.74, 6) is 0.368. The Morgan fingerprint density at radius 2 is 1.67 bits per heavy atom. The van der Waals surface area contributed by atoms with Crippen molar-refractivity contribution in [3.8, 4) is 0 Å². The van der Waals surface area contributed by atoms with Crippen LogP contribution in [0, 0.1) is 5.92 Å². The summed E-state index contributed by atoms with van der Waals surface area (Å²) < 4.78 is 5.20. The molecule has 0 aliphatic rings. The monoisotopic (exact) mass is 172 g/mol. The van der Waals surface area contributed by atoms with E-state index in [0.29, 0.717) is 5.92 Å². The van der Waals surface area contributed by atoms with Gasteiger partial charge in [0.25, 0.3) is 0 Å². The van der Waals surface area contributed by atoms with Gasteiger partial charge in [0.05, 0.1) is 0 Å². The van der Waals surface area contributed by atoms with Crippen molar-refractivity contribution in [1.82, 2.24) is 0 Å². The van der Waals surface area contributed by atoms with E-state index in [1.807, 2.05) is 0 Å². The zero-order chi connectivity index (χ0) is 9.56. The normalized spacial score (nSPS) is 13.1. The summed E-state index contributed by atoms with van der Waals surface area (Å²) in [6.45, 7) is 7.82. The summed E-state index contributed by atoms with van der Waals surface area (Å²) in [6.07, 6.45) is 3.22. The summed E-state index contributed by atoms with van der Waals surface area (Å²) in [7, 11) is 0. The molecular formula is C10H20O2. The first-order valence-corrected chi connectivity index (χ1v) is 4.82. The highest BCUT2D eigenvalue weighted by Gasteiger charge is 2.18. The van der Waals surface area contributed by atoms with Crippen molar-refractivity contribution in [3.05, 3.63) is 0 Å². The van der Waals surface area contributed by atoms with Crippen LogP contribution >= 0.6 is 0 Å². The average Bonchev–Trinajstić information content (AvgIpc) is 2.04. The molecule has 0 aromatic carbocycles. The number of carbonyl (C=O) groups excluding carboxylic acids is 1. The second-order valence-corrected chi connectivity index (χ2v) is 3.13. The highest BCUT2D eigenvalue weighted by molar-refractivity contribution is 5.66. The maximum atomic E-state index is 10.7. The fraction of sp³-hybridized carbons (Fsp3) is 0.900. The Bertz CT molecular complexity index is 128. The van der Waals surface area contributed by atoms with E-state index in [1.54, 1.807) is 0 Å². The van der Waals surface area contributed by atoms with Gasteiger partial charge in [-0.05, 0) is 25.2 Å². The number of carbonyl (C=O) groups is 1. The molecule has 0 aliphatic heterocycles. The first kappa shape index (κ1) is 11.5. The first-order valence-electron chi connectivity index (χ1n) is 4.82. The van der Waals surface area contributed by atoms with Crippen LogP contribution in [0.2, 0.25) is 0 Å². The highest BCUT2D eigenvalue weighted by atomic mass is 16.5. The quantitative estimate of drug-likeness (QED) is 0.596. The number of hydrogen-bond donors (Lipinski definition) is 0. The van der Waals surface area contributed by atoms with E-state index >= 15 is 0 Å². The molecule has 0 bridgehead atoms. The molecule has 1 atom stereocenters. The molecule has 1 unspecified atom stereocenters. The Balaban J connectivity index is 4.01. The lowest BCUT2D eigenvalue weighted by Gasteiger charge is -2.23. The van der Waals surface area contributed by atoms with E-state index in [9.17, 15) is 4.79 Å². The third-order valence-electron chi connectivity index (χ3n) is 2.29. The van der Waals surface area contributed by atoms with Gasteiger partial charge in [-0.1, -0.05) is 20.8 Å². The van der Waals surface area contributed by atoms with Gasteiger partial charge in [0, 0.05) is 6.92 Å². The minimum atomic E-state index is -0.159. The molecule has 0 radical (unpaired) electrons. The lowest BCUT2D eigenvalue weighted by Crippen LogP contribution is -2.24. The Morgan fingerprint density at radius 1 is 1.17 bits per heavy atom. The first-order chi connectivity index (χ1) is 5.65. The van der Waals surface area contributed by atoms with Gasteiger partial charge in [-0.15, -0.1) is 0 Å². The number of hydrogen-bond acceptors (Lipinski definition) is 2. The van der Waals surface area contributed by atoms with Gasteiger partial charge in [-0.2, -0.15) is 0 Å². The molecule has 0 heterocycles. The van der Waals surface area contributed by atoms with E-state index in [2.05, 4.69) is 20.8 Å². The topological polar surface area (TPSA) is 26.3 Å². The van der Waals surface area contributed by atoms with Gasteiger partial charge in [0.15, 0.2) is 0 Å². The maximum absolute atomic E-state index is 10.7. The maximum Gasteiger partial charge on any atom is 0.302 e. The van der Waals surface area contributed by atoms with Crippen molar-refractivity contribution in [1.29, 1.82) is 0 Å². The van der Waals surface area contributed by atoms with Gasteiger partial charge >= 0.3 is 5.97 Å². The van der Waals surface area contributed by atoms with Gasteiger partial charge in [-0.3, -0.25) is 4.79 Å². The fourth-order valence-electron chi connectivity index (χ4n) is 1.54. The van der Waals surface area contributed by atoms with Crippen molar-refractivity contribution in [2.45, 2.75) is 53.1 Å². The molecule has 0 aromatic rings. The zero-order valence-electron chi connectivity index (χ0n) is 8.59. The average molecular weight is 172 g/mol. The van der Waals surface area contributed by atoms with E-state index < -0.39 is 0 Å². The smallest absolute Gasteiger partial charge is 0.302 e. The molecule has 0 fully saturated rings. The van der Waals surface area contributed by atoms with Crippen LogP contribution in [0.1, 0.15) is 47.0 Å². The molecule has 12 heavy (non-hydrogen) atoms. The van der Waals surface area contributed by atoms with Crippen molar-refractivity contribution < 1.29 is 9.53 Å². The number of esters is 1. The highest BCUT2D eigenvalue weighted by Crippen LogP contribution is 2.18. The van der Waals surface area contributed by atoms with Crippen LogP contribution in [0.4, 0.5) is 0 Å². The van der Waals surface area contributed by atoms with Crippen molar-refractivity contribution in [3.63, 3.8) is 0 Å². The molecule has 0 saturated heterocycles. The largest absolute Gasteiger partial charge is 0.462 e. The van der Waals surface area contributed by atoms with E-state index in [4.69, 9.17) is 4.74 Å². The predicted octanol–water partition coefficient (Wildman–Crippen LogP) is 2.76. The van der Waals surface area contributed by atoms with Crippen LogP contribution in [-0.4, -0.2) is 12.1 Å². The van der Waals surface area contributed by atoms with E-state index in [-0.39, 0.29) is 12.1 Å². The van der Waals surface area contributed by atoms with Crippen molar-refractivity contribution >= 4 is 5.97 Å². The van der Waals surface area contributed by atoms with E-state index in [1.165, 1.54) is 6.92 Å². The molecule has 0 saturated carbocycles. The lowest BCUT2D eigenvalue weighted by molar-refractivity contribution is -0.149. The lowest BCUT2D eigenvalue weighted by atomic mass is 9.95. The molecule has 0 aliphatic carbocycles. The minimum Gasteiger partial charge on any atom is -0.462 e. The molecule has 0 N–H and O–H groups in total. The molecule has 72 valence electrons. The van der Waals surface area contributed by atoms with Gasteiger partial charge in [0.2, 0.25) is 0 Å². The second-order valence-electron chi connectivity index (χ2n) is 3.13. The predicted molar refractivity (Wildman–Crippen MR) is 49.9 cm³/mol. The van der Waals surface area contributed by atoms with Crippen molar-refractivity contribution in [2.75, 3.05) is 0 Å². The molecule has 0 spiro atoms. The van der Waals surface area contributed by atoms with E-state index in [0.717, 1.165) is 19.3 Å². The Morgan fingerprint density at radius 3 is 1.92 bits per heavy atom. The van der Waals surface area contributed by atoms with Crippen molar-refractivity contribution in [2.24, 2.45) is 5.92 Å². The Kier molecular flexibility index (Phi) is 5.77. The van der Waals surface area contributed by atoms with Crippen LogP contribution < -0.4 is 0 Å². The molecule has 2 nitrogen and oxygen atoms in total. The Labute approximate surface area is 75.3 Å². The third-order valence-corrected chi connectivity index (χ3v) is 2.29. The number of ether oxygens (including phenoxy) is 1. The van der Waals surface area contributed by atoms with Crippen LogP contribution in [0.15, 0.2) is 0 Å². The SMILES string of the molecule is CCC(CC)C(CC)OC(C)=O. The second kappa shape index (κ2) is 6.04. The molecule has 0 rings (SSSR count).